The fourth-order valence-corrected chi connectivity index (χ4v) is 1.11. The van der Waals surface area contributed by atoms with Gasteiger partial charge in [-0.15, -0.1) is 0 Å². The van der Waals surface area contributed by atoms with Gasteiger partial charge in [0.1, 0.15) is 0 Å². The monoisotopic (exact) mass is 208 g/mol. The SMILES string of the molecule is NC(=O)Oc1ccc(COC2CC2)cn1. The third kappa shape index (κ3) is 3.21. The first kappa shape index (κ1) is 9.92. The second-order valence-corrected chi connectivity index (χ2v) is 3.44. The van der Waals surface area contributed by atoms with E-state index in [1.165, 1.54) is 0 Å². The van der Waals surface area contributed by atoms with Crippen LogP contribution >= 0.6 is 0 Å². The summed E-state index contributed by atoms with van der Waals surface area (Å²) in [5.74, 6) is 0.206. The first-order chi connectivity index (χ1) is 7.24. The summed E-state index contributed by atoms with van der Waals surface area (Å²) in [6, 6.07) is 3.39. The lowest BCUT2D eigenvalue weighted by Gasteiger charge is -2.03. The fraction of sp³-hybridized carbons (Fsp3) is 0.400. The van der Waals surface area contributed by atoms with Crippen LogP contribution in [-0.2, 0) is 11.3 Å². The van der Waals surface area contributed by atoms with E-state index in [2.05, 4.69) is 9.72 Å². The van der Waals surface area contributed by atoms with Crippen molar-refractivity contribution in [1.29, 1.82) is 0 Å². The number of nitrogens with zero attached hydrogens (tertiary/aromatic N) is 1. The highest BCUT2D eigenvalue weighted by Gasteiger charge is 2.21. The third-order valence-electron chi connectivity index (χ3n) is 2.01. The van der Waals surface area contributed by atoms with Crippen molar-refractivity contribution < 1.29 is 14.3 Å². The summed E-state index contributed by atoms with van der Waals surface area (Å²) in [6.07, 6.45) is 3.48. The minimum Gasteiger partial charge on any atom is -0.391 e. The lowest BCUT2D eigenvalue weighted by molar-refractivity contribution is 0.106. The van der Waals surface area contributed by atoms with E-state index in [0.717, 1.165) is 18.4 Å². The van der Waals surface area contributed by atoms with E-state index in [0.29, 0.717) is 12.7 Å². The maximum Gasteiger partial charge on any atom is 0.411 e. The van der Waals surface area contributed by atoms with Crippen LogP contribution in [-0.4, -0.2) is 17.2 Å². The highest BCUT2D eigenvalue weighted by molar-refractivity contribution is 5.67. The lowest BCUT2D eigenvalue weighted by atomic mass is 10.3. The molecule has 0 radical (unpaired) electrons. The van der Waals surface area contributed by atoms with Crippen molar-refractivity contribution in [2.45, 2.75) is 25.6 Å². The minimum absolute atomic E-state index is 0.206. The van der Waals surface area contributed by atoms with Crippen molar-refractivity contribution >= 4 is 6.09 Å². The first-order valence-corrected chi connectivity index (χ1v) is 4.78. The molecule has 0 unspecified atom stereocenters. The molecular formula is C10H12N2O3. The fourth-order valence-electron chi connectivity index (χ4n) is 1.11. The predicted octanol–water partition coefficient (Wildman–Crippen LogP) is 1.22. The molecule has 80 valence electrons. The number of pyridine rings is 1. The molecule has 0 aromatic carbocycles. The van der Waals surface area contributed by atoms with E-state index in [-0.39, 0.29) is 5.88 Å². The molecule has 2 N–H and O–H groups in total. The average molecular weight is 208 g/mol. The van der Waals surface area contributed by atoms with Crippen LogP contribution in [0.3, 0.4) is 0 Å². The van der Waals surface area contributed by atoms with Gasteiger partial charge in [0.2, 0.25) is 5.88 Å². The maximum atomic E-state index is 10.4. The maximum absolute atomic E-state index is 10.4. The number of hydrogen-bond donors (Lipinski definition) is 1. The molecule has 1 aliphatic carbocycles. The number of carbonyl (C=O) groups excluding carboxylic acids is 1. The Balaban J connectivity index is 1.87. The van der Waals surface area contributed by atoms with Gasteiger partial charge in [0.25, 0.3) is 0 Å². The minimum atomic E-state index is -0.857. The predicted molar refractivity (Wildman–Crippen MR) is 52.3 cm³/mol. The molecule has 5 nitrogen and oxygen atoms in total. The molecular weight excluding hydrogens is 196 g/mol. The zero-order valence-electron chi connectivity index (χ0n) is 8.18. The first-order valence-electron chi connectivity index (χ1n) is 4.78. The van der Waals surface area contributed by atoms with Crippen molar-refractivity contribution in [2.24, 2.45) is 5.73 Å². The van der Waals surface area contributed by atoms with Gasteiger partial charge >= 0.3 is 6.09 Å². The Kier molecular flexibility index (Phi) is 2.82. The summed E-state index contributed by atoms with van der Waals surface area (Å²) >= 11 is 0. The number of rotatable bonds is 4. The quantitative estimate of drug-likeness (QED) is 0.807. The van der Waals surface area contributed by atoms with Crippen LogP contribution in [0.15, 0.2) is 18.3 Å². The molecule has 2 rings (SSSR count). The van der Waals surface area contributed by atoms with E-state index >= 15 is 0 Å². The molecule has 0 spiro atoms. The normalized spacial score (nSPS) is 14.9. The molecule has 1 heterocycles. The Bertz CT molecular complexity index is 346. The van der Waals surface area contributed by atoms with Gasteiger partial charge in [-0.3, -0.25) is 0 Å². The summed E-state index contributed by atoms with van der Waals surface area (Å²) in [5, 5.41) is 0. The number of nitrogens with two attached hydrogens (primary N) is 1. The highest BCUT2D eigenvalue weighted by atomic mass is 16.6. The summed E-state index contributed by atoms with van der Waals surface area (Å²) < 4.78 is 10.1. The molecule has 0 aliphatic heterocycles. The van der Waals surface area contributed by atoms with Crippen LogP contribution in [0.1, 0.15) is 18.4 Å². The molecule has 1 aromatic heterocycles. The molecule has 0 bridgehead atoms. The largest absolute Gasteiger partial charge is 0.411 e. The summed E-state index contributed by atoms with van der Waals surface area (Å²) in [7, 11) is 0. The van der Waals surface area contributed by atoms with Crippen molar-refractivity contribution in [3.05, 3.63) is 23.9 Å². The van der Waals surface area contributed by atoms with Crippen molar-refractivity contribution in [1.82, 2.24) is 4.98 Å². The van der Waals surface area contributed by atoms with Gasteiger partial charge in [0.15, 0.2) is 0 Å². The van der Waals surface area contributed by atoms with Gasteiger partial charge in [0.05, 0.1) is 12.7 Å². The van der Waals surface area contributed by atoms with Crippen LogP contribution in [0.5, 0.6) is 5.88 Å². The third-order valence-corrected chi connectivity index (χ3v) is 2.01. The molecule has 1 aliphatic rings. The second-order valence-electron chi connectivity index (χ2n) is 3.44. The van der Waals surface area contributed by atoms with Gasteiger partial charge in [-0.1, -0.05) is 0 Å². The molecule has 1 saturated carbocycles. The van der Waals surface area contributed by atoms with Crippen LogP contribution in [0, 0.1) is 0 Å². The van der Waals surface area contributed by atoms with Crippen molar-refractivity contribution in [2.75, 3.05) is 0 Å². The number of ether oxygens (including phenoxy) is 2. The number of aromatic nitrogens is 1. The molecule has 15 heavy (non-hydrogen) atoms. The molecule has 0 atom stereocenters. The highest BCUT2D eigenvalue weighted by Crippen LogP contribution is 2.24. The molecule has 1 aromatic rings. The van der Waals surface area contributed by atoms with Crippen molar-refractivity contribution in [3.63, 3.8) is 0 Å². The van der Waals surface area contributed by atoms with Crippen LogP contribution < -0.4 is 10.5 Å². The number of primary amides is 1. The van der Waals surface area contributed by atoms with Crippen LogP contribution in [0.25, 0.3) is 0 Å². The zero-order chi connectivity index (χ0) is 10.7. The Labute approximate surface area is 87.2 Å². The standard InChI is InChI=1S/C10H12N2O3/c11-10(13)15-9-4-1-7(5-12-9)6-14-8-2-3-8/h1,4-5,8H,2-3,6H2,(H2,11,13). The Morgan fingerprint density at radius 2 is 2.33 bits per heavy atom. The van der Waals surface area contributed by atoms with Gasteiger partial charge in [0, 0.05) is 12.3 Å². The van der Waals surface area contributed by atoms with Crippen molar-refractivity contribution in [3.8, 4) is 5.88 Å². The topological polar surface area (TPSA) is 74.4 Å². The van der Waals surface area contributed by atoms with Crippen LogP contribution in [0.4, 0.5) is 4.79 Å². The summed E-state index contributed by atoms with van der Waals surface area (Å²) in [4.78, 5) is 14.3. The molecule has 5 heteroatoms. The number of hydrogen-bond acceptors (Lipinski definition) is 4. The number of carbonyl (C=O) groups is 1. The molecule has 0 saturated heterocycles. The lowest BCUT2D eigenvalue weighted by Crippen LogP contribution is -2.16. The second kappa shape index (κ2) is 4.27. The number of amides is 1. The van der Waals surface area contributed by atoms with E-state index in [9.17, 15) is 4.79 Å². The van der Waals surface area contributed by atoms with E-state index in [4.69, 9.17) is 10.5 Å². The van der Waals surface area contributed by atoms with E-state index < -0.39 is 6.09 Å². The smallest absolute Gasteiger partial charge is 0.391 e. The summed E-state index contributed by atoms with van der Waals surface area (Å²) in [5.41, 5.74) is 5.80. The Hall–Kier alpha value is -1.62. The van der Waals surface area contributed by atoms with E-state index in [1.54, 1.807) is 18.3 Å². The average Bonchev–Trinajstić information content (AvgIpc) is 2.99. The van der Waals surface area contributed by atoms with Crippen LogP contribution in [0.2, 0.25) is 0 Å². The van der Waals surface area contributed by atoms with Gasteiger partial charge < -0.3 is 15.2 Å². The van der Waals surface area contributed by atoms with E-state index in [1.807, 2.05) is 0 Å². The zero-order valence-corrected chi connectivity index (χ0v) is 8.18. The Morgan fingerprint density at radius 3 is 2.87 bits per heavy atom. The van der Waals surface area contributed by atoms with Gasteiger partial charge in [-0.2, -0.15) is 0 Å². The molecule has 1 amide bonds. The Morgan fingerprint density at radius 1 is 1.53 bits per heavy atom. The van der Waals surface area contributed by atoms with Gasteiger partial charge in [-0.25, -0.2) is 9.78 Å². The summed E-state index contributed by atoms with van der Waals surface area (Å²) in [6.45, 7) is 0.550. The van der Waals surface area contributed by atoms with Gasteiger partial charge in [-0.05, 0) is 24.5 Å². The molecule has 1 fully saturated rings.